The smallest absolute Gasteiger partial charge is 0.228 e. The average molecular weight is 317 g/mol. The minimum atomic E-state index is 0.0297. The van der Waals surface area contributed by atoms with Gasteiger partial charge in [0.2, 0.25) is 5.91 Å². The van der Waals surface area contributed by atoms with Gasteiger partial charge in [0.25, 0.3) is 0 Å². The highest BCUT2D eigenvalue weighted by atomic mass is 16.1. The Morgan fingerprint density at radius 1 is 0.958 bits per heavy atom. The van der Waals surface area contributed by atoms with Gasteiger partial charge >= 0.3 is 0 Å². The van der Waals surface area contributed by atoms with Gasteiger partial charge in [-0.05, 0) is 40.3 Å². The molecule has 3 aromatic rings. The Morgan fingerprint density at radius 2 is 1.67 bits per heavy atom. The molecular weight excluding hydrogens is 294 g/mol. The molecule has 0 bridgehead atoms. The van der Waals surface area contributed by atoms with Gasteiger partial charge in [0, 0.05) is 5.69 Å². The largest absolute Gasteiger partial charge is 0.326 e. The van der Waals surface area contributed by atoms with Crippen LogP contribution in [0.3, 0.4) is 0 Å². The minimum absolute atomic E-state index is 0.0297. The number of amides is 1. The third-order valence-electron chi connectivity index (χ3n) is 4.61. The Bertz CT molecular complexity index is 848. The SMILES string of the molecule is CC[C@@H](C)c1ccccc1NC(=O)Cc1cccc2ccccc12. The summed E-state index contributed by atoms with van der Waals surface area (Å²) in [5.41, 5.74) is 3.19. The van der Waals surface area contributed by atoms with Crippen molar-refractivity contribution in [2.75, 3.05) is 5.32 Å². The Kier molecular flexibility index (Phi) is 4.95. The molecule has 0 unspecified atom stereocenters. The molecule has 0 aliphatic carbocycles. The maximum atomic E-state index is 12.6. The van der Waals surface area contributed by atoms with Crippen molar-refractivity contribution in [1.29, 1.82) is 0 Å². The van der Waals surface area contributed by atoms with Crippen molar-refractivity contribution < 1.29 is 4.79 Å². The first-order valence-electron chi connectivity index (χ1n) is 8.54. The summed E-state index contributed by atoms with van der Waals surface area (Å²) in [5, 5.41) is 5.41. The molecule has 0 saturated heterocycles. The second kappa shape index (κ2) is 7.31. The molecule has 1 N–H and O–H groups in total. The zero-order valence-corrected chi connectivity index (χ0v) is 14.3. The maximum Gasteiger partial charge on any atom is 0.228 e. The van der Waals surface area contributed by atoms with Crippen LogP contribution in [0.25, 0.3) is 10.8 Å². The van der Waals surface area contributed by atoms with Crippen LogP contribution in [-0.4, -0.2) is 5.91 Å². The third-order valence-corrected chi connectivity index (χ3v) is 4.61. The molecule has 1 amide bonds. The molecule has 24 heavy (non-hydrogen) atoms. The Balaban J connectivity index is 1.81. The van der Waals surface area contributed by atoms with Crippen molar-refractivity contribution in [3.63, 3.8) is 0 Å². The highest BCUT2D eigenvalue weighted by molar-refractivity contribution is 5.96. The molecule has 3 rings (SSSR count). The molecule has 0 aliphatic rings. The van der Waals surface area contributed by atoms with Crippen LogP contribution in [0.1, 0.15) is 37.3 Å². The summed E-state index contributed by atoms with van der Waals surface area (Å²) in [5.74, 6) is 0.459. The summed E-state index contributed by atoms with van der Waals surface area (Å²) >= 11 is 0. The van der Waals surface area contributed by atoms with E-state index in [0.29, 0.717) is 12.3 Å². The van der Waals surface area contributed by atoms with E-state index in [0.717, 1.165) is 23.1 Å². The second-order valence-corrected chi connectivity index (χ2v) is 6.26. The van der Waals surface area contributed by atoms with Crippen molar-refractivity contribution >= 4 is 22.4 Å². The van der Waals surface area contributed by atoms with Crippen LogP contribution in [0.5, 0.6) is 0 Å². The lowest BCUT2D eigenvalue weighted by molar-refractivity contribution is -0.115. The van der Waals surface area contributed by atoms with Gasteiger partial charge in [-0.1, -0.05) is 74.5 Å². The van der Waals surface area contributed by atoms with Gasteiger partial charge in [-0.3, -0.25) is 4.79 Å². The van der Waals surface area contributed by atoms with Crippen LogP contribution in [0.15, 0.2) is 66.7 Å². The third kappa shape index (κ3) is 3.48. The molecule has 2 nitrogen and oxygen atoms in total. The van der Waals surface area contributed by atoms with Gasteiger partial charge in [0.05, 0.1) is 6.42 Å². The van der Waals surface area contributed by atoms with Crippen molar-refractivity contribution in [1.82, 2.24) is 0 Å². The normalized spacial score (nSPS) is 12.1. The van der Waals surface area contributed by atoms with Crippen molar-refractivity contribution in [2.45, 2.75) is 32.6 Å². The summed E-state index contributed by atoms with van der Waals surface area (Å²) in [6.07, 6.45) is 1.44. The van der Waals surface area contributed by atoms with E-state index in [4.69, 9.17) is 0 Å². The number of hydrogen-bond donors (Lipinski definition) is 1. The summed E-state index contributed by atoms with van der Waals surface area (Å²) in [7, 11) is 0. The first-order valence-corrected chi connectivity index (χ1v) is 8.54. The summed E-state index contributed by atoms with van der Waals surface area (Å²) in [6, 6.07) is 22.4. The van der Waals surface area contributed by atoms with E-state index in [2.05, 4.69) is 43.4 Å². The quantitative estimate of drug-likeness (QED) is 0.658. The number of fused-ring (bicyclic) bond motifs is 1. The lowest BCUT2D eigenvalue weighted by atomic mass is 9.96. The van der Waals surface area contributed by atoms with Crippen LogP contribution in [0, 0.1) is 0 Å². The number of para-hydroxylation sites is 1. The molecule has 0 fully saturated rings. The van der Waals surface area contributed by atoms with Crippen LogP contribution in [0.2, 0.25) is 0 Å². The lowest BCUT2D eigenvalue weighted by Gasteiger charge is -2.16. The van der Waals surface area contributed by atoms with E-state index >= 15 is 0 Å². The fraction of sp³-hybridized carbons (Fsp3) is 0.227. The molecule has 0 saturated carbocycles. The van der Waals surface area contributed by atoms with Gasteiger partial charge in [-0.2, -0.15) is 0 Å². The molecule has 0 spiro atoms. The predicted octanol–water partition coefficient (Wildman–Crippen LogP) is 5.53. The van der Waals surface area contributed by atoms with Crippen LogP contribution >= 0.6 is 0 Å². The number of benzene rings is 3. The van der Waals surface area contributed by atoms with Crippen molar-refractivity contribution in [3.05, 3.63) is 77.9 Å². The van der Waals surface area contributed by atoms with Crippen LogP contribution in [0.4, 0.5) is 5.69 Å². The highest BCUT2D eigenvalue weighted by Gasteiger charge is 2.12. The van der Waals surface area contributed by atoms with E-state index in [-0.39, 0.29) is 5.91 Å². The van der Waals surface area contributed by atoms with Crippen LogP contribution in [-0.2, 0) is 11.2 Å². The van der Waals surface area contributed by atoms with Crippen LogP contribution < -0.4 is 5.32 Å². The maximum absolute atomic E-state index is 12.6. The summed E-state index contributed by atoms with van der Waals surface area (Å²) < 4.78 is 0. The Morgan fingerprint density at radius 3 is 2.50 bits per heavy atom. The first-order chi connectivity index (χ1) is 11.7. The molecule has 122 valence electrons. The average Bonchev–Trinajstić information content (AvgIpc) is 2.62. The highest BCUT2D eigenvalue weighted by Crippen LogP contribution is 2.27. The zero-order valence-electron chi connectivity index (χ0n) is 14.3. The number of rotatable bonds is 5. The lowest BCUT2D eigenvalue weighted by Crippen LogP contribution is -2.16. The summed E-state index contributed by atoms with van der Waals surface area (Å²) in [6.45, 7) is 4.36. The van der Waals surface area contributed by atoms with E-state index in [1.165, 1.54) is 10.9 Å². The van der Waals surface area contributed by atoms with Crippen molar-refractivity contribution in [2.24, 2.45) is 0 Å². The fourth-order valence-electron chi connectivity index (χ4n) is 3.07. The first kappa shape index (κ1) is 16.3. The van der Waals surface area contributed by atoms with E-state index < -0.39 is 0 Å². The van der Waals surface area contributed by atoms with Gasteiger partial charge in [-0.25, -0.2) is 0 Å². The van der Waals surface area contributed by atoms with E-state index in [9.17, 15) is 4.79 Å². The Hall–Kier alpha value is -2.61. The second-order valence-electron chi connectivity index (χ2n) is 6.26. The van der Waals surface area contributed by atoms with Crippen molar-refractivity contribution in [3.8, 4) is 0 Å². The Labute approximate surface area is 143 Å². The van der Waals surface area contributed by atoms with E-state index in [1.807, 2.05) is 42.5 Å². The number of nitrogens with one attached hydrogen (secondary N) is 1. The fourth-order valence-corrected chi connectivity index (χ4v) is 3.07. The van der Waals surface area contributed by atoms with E-state index in [1.54, 1.807) is 0 Å². The number of hydrogen-bond acceptors (Lipinski definition) is 1. The summed E-state index contributed by atoms with van der Waals surface area (Å²) in [4.78, 5) is 12.6. The van der Waals surface area contributed by atoms with Gasteiger partial charge in [0.15, 0.2) is 0 Å². The zero-order chi connectivity index (χ0) is 16.9. The topological polar surface area (TPSA) is 29.1 Å². The molecule has 0 aromatic heterocycles. The molecule has 2 heteroatoms. The number of carbonyl (C=O) groups is 1. The molecular formula is C22H23NO. The minimum Gasteiger partial charge on any atom is -0.326 e. The predicted molar refractivity (Wildman–Crippen MR) is 101 cm³/mol. The number of anilines is 1. The monoisotopic (exact) mass is 317 g/mol. The van der Waals surface area contributed by atoms with Gasteiger partial charge in [-0.15, -0.1) is 0 Å². The molecule has 0 radical (unpaired) electrons. The van der Waals surface area contributed by atoms with Gasteiger partial charge in [0.1, 0.15) is 0 Å². The molecule has 0 heterocycles. The standard InChI is InChI=1S/C22H23NO/c1-3-16(2)19-12-6-7-14-21(19)23-22(24)15-18-11-8-10-17-9-4-5-13-20(17)18/h4-14,16H,3,15H2,1-2H3,(H,23,24)/t16-/m1/s1. The van der Waals surface area contributed by atoms with Gasteiger partial charge < -0.3 is 5.32 Å². The molecule has 0 aliphatic heterocycles. The number of carbonyl (C=O) groups excluding carboxylic acids is 1. The molecule has 1 atom stereocenters. The molecule has 3 aromatic carbocycles.